The Morgan fingerprint density at radius 2 is 1.88 bits per heavy atom. The second-order valence-corrected chi connectivity index (χ2v) is 5.11. The number of aromatic nitrogens is 6. The molecule has 0 aliphatic heterocycles. The Kier molecular flexibility index (Phi) is 4.20. The van der Waals surface area contributed by atoms with Gasteiger partial charge in [-0.1, -0.05) is 0 Å². The van der Waals surface area contributed by atoms with Crippen LogP contribution in [0.1, 0.15) is 17.5 Å². The van der Waals surface area contributed by atoms with Crippen LogP contribution in [0.2, 0.25) is 0 Å². The lowest BCUT2D eigenvalue weighted by Crippen LogP contribution is -2.02. The molecule has 0 N–H and O–H groups in total. The molecule has 0 atom stereocenters. The van der Waals surface area contributed by atoms with Crippen molar-refractivity contribution in [3.05, 3.63) is 56.3 Å². The van der Waals surface area contributed by atoms with Crippen LogP contribution in [-0.2, 0) is 19.5 Å². The third kappa shape index (κ3) is 3.65. The normalized spacial score (nSPS) is 10.9. The van der Waals surface area contributed by atoms with Gasteiger partial charge in [-0.2, -0.15) is 10.2 Å². The molecule has 0 bridgehead atoms. The molecule has 130 valence electrons. The second-order valence-electron chi connectivity index (χ2n) is 5.11. The largest absolute Gasteiger partial charge is 0.423 e. The van der Waals surface area contributed by atoms with Gasteiger partial charge in [0.2, 0.25) is 11.8 Å². The summed E-state index contributed by atoms with van der Waals surface area (Å²) < 4.78 is 8.20. The number of nitro groups is 2. The zero-order valence-electron chi connectivity index (χ0n) is 13.0. The Balaban J connectivity index is 1.61. The molecule has 0 saturated heterocycles. The minimum atomic E-state index is -0.528. The van der Waals surface area contributed by atoms with Crippen molar-refractivity contribution in [2.45, 2.75) is 26.4 Å². The highest BCUT2D eigenvalue weighted by atomic mass is 16.6. The fourth-order valence-electron chi connectivity index (χ4n) is 2.14. The van der Waals surface area contributed by atoms with Crippen LogP contribution >= 0.6 is 0 Å². The predicted molar refractivity (Wildman–Crippen MR) is 79.6 cm³/mol. The molecule has 3 aromatic heterocycles. The molecule has 0 aliphatic rings. The molecule has 0 aromatic carbocycles. The van der Waals surface area contributed by atoms with E-state index in [1.54, 1.807) is 0 Å². The standard InChI is InChI=1S/C12H12N8O5/c1-8-10(20(23)24)6-18(16-8)7-12-15-14-11(25-12)2-3-17-5-9(4-13-17)19(21)22/h4-6H,2-3,7H2,1H3. The first-order valence-corrected chi connectivity index (χ1v) is 7.09. The van der Waals surface area contributed by atoms with E-state index >= 15 is 0 Å². The zero-order valence-corrected chi connectivity index (χ0v) is 13.0. The molecular formula is C12H12N8O5. The van der Waals surface area contributed by atoms with E-state index in [4.69, 9.17) is 4.42 Å². The lowest BCUT2D eigenvalue weighted by molar-refractivity contribution is -0.385. The van der Waals surface area contributed by atoms with Crippen LogP contribution in [0, 0.1) is 27.2 Å². The van der Waals surface area contributed by atoms with Crippen LogP contribution in [0.15, 0.2) is 23.0 Å². The minimum Gasteiger partial charge on any atom is -0.423 e. The fraction of sp³-hybridized carbons (Fsp3) is 0.333. The summed E-state index contributed by atoms with van der Waals surface area (Å²) in [5.74, 6) is 0.574. The van der Waals surface area contributed by atoms with Crippen LogP contribution in [0.4, 0.5) is 11.4 Å². The van der Waals surface area contributed by atoms with Crippen molar-refractivity contribution in [1.29, 1.82) is 0 Å². The second kappa shape index (κ2) is 6.46. The van der Waals surface area contributed by atoms with E-state index in [2.05, 4.69) is 20.4 Å². The average Bonchev–Trinajstić information content (AvgIpc) is 3.25. The third-order valence-electron chi connectivity index (χ3n) is 3.31. The summed E-state index contributed by atoms with van der Waals surface area (Å²) in [5, 5.41) is 37.0. The Morgan fingerprint density at radius 3 is 2.52 bits per heavy atom. The summed E-state index contributed by atoms with van der Waals surface area (Å²) in [6, 6.07) is 0. The maximum absolute atomic E-state index is 10.8. The first-order valence-electron chi connectivity index (χ1n) is 7.09. The van der Waals surface area contributed by atoms with Gasteiger partial charge in [0.15, 0.2) is 0 Å². The van der Waals surface area contributed by atoms with Gasteiger partial charge in [-0.25, -0.2) is 0 Å². The summed E-state index contributed by atoms with van der Waals surface area (Å²) in [4.78, 5) is 20.4. The molecule has 3 aromatic rings. The molecule has 0 saturated carbocycles. The number of aryl methyl sites for hydroxylation is 3. The number of nitrogens with zero attached hydrogens (tertiary/aromatic N) is 8. The molecule has 0 unspecified atom stereocenters. The predicted octanol–water partition coefficient (Wildman–Crippen LogP) is 0.878. The Morgan fingerprint density at radius 1 is 1.12 bits per heavy atom. The molecule has 0 amide bonds. The van der Waals surface area contributed by atoms with Crippen molar-refractivity contribution in [3.8, 4) is 0 Å². The molecule has 13 nitrogen and oxygen atoms in total. The molecule has 3 rings (SSSR count). The smallest absolute Gasteiger partial charge is 0.309 e. The van der Waals surface area contributed by atoms with E-state index in [0.717, 1.165) is 6.20 Å². The molecule has 0 aliphatic carbocycles. The van der Waals surface area contributed by atoms with E-state index < -0.39 is 9.85 Å². The maximum Gasteiger partial charge on any atom is 0.309 e. The highest BCUT2D eigenvalue weighted by molar-refractivity contribution is 5.31. The first-order chi connectivity index (χ1) is 11.9. The summed E-state index contributed by atoms with van der Waals surface area (Å²) in [5.41, 5.74) is 0.117. The third-order valence-corrected chi connectivity index (χ3v) is 3.31. The highest BCUT2D eigenvalue weighted by Crippen LogP contribution is 2.16. The van der Waals surface area contributed by atoms with Gasteiger partial charge in [0, 0.05) is 13.0 Å². The van der Waals surface area contributed by atoms with Crippen molar-refractivity contribution in [3.63, 3.8) is 0 Å². The van der Waals surface area contributed by atoms with Gasteiger partial charge in [-0.15, -0.1) is 10.2 Å². The van der Waals surface area contributed by atoms with Gasteiger partial charge in [-0.3, -0.25) is 29.6 Å². The lowest BCUT2D eigenvalue weighted by Gasteiger charge is -1.96. The van der Waals surface area contributed by atoms with E-state index in [-0.39, 0.29) is 23.8 Å². The highest BCUT2D eigenvalue weighted by Gasteiger charge is 2.17. The molecule has 3 heterocycles. The van der Waals surface area contributed by atoms with Crippen LogP contribution in [0.25, 0.3) is 0 Å². The van der Waals surface area contributed by atoms with E-state index in [1.807, 2.05) is 0 Å². The Bertz CT molecular complexity index is 926. The molecule has 0 radical (unpaired) electrons. The maximum atomic E-state index is 10.8. The van der Waals surface area contributed by atoms with E-state index in [1.165, 1.54) is 28.7 Å². The van der Waals surface area contributed by atoms with E-state index in [0.29, 0.717) is 24.6 Å². The Labute approximate surface area is 139 Å². The Hall–Kier alpha value is -3.64. The number of hydrogen-bond acceptors (Lipinski definition) is 9. The topological polar surface area (TPSA) is 161 Å². The molecule has 13 heteroatoms. The lowest BCUT2D eigenvalue weighted by atomic mass is 10.4. The van der Waals surface area contributed by atoms with Crippen LogP contribution in [0.3, 0.4) is 0 Å². The van der Waals surface area contributed by atoms with Crippen molar-refractivity contribution in [2.75, 3.05) is 0 Å². The van der Waals surface area contributed by atoms with Crippen molar-refractivity contribution >= 4 is 11.4 Å². The van der Waals surface area contributed by atoms with Crippen molar-refractivity contribution in [1.82, 2.24) is 29.8 Å². The van der Waals surface area contributed by atoms with Gasteiger partial charge in [0.05, 0.1) is 9.85 Å². The number of hydrogen-bond donors (Lipinski definition) is 0. The van der Waals surface area contributed by atoms with Crippen LogP contribution in [-0.4, -0.2) is 39.6 Å². The van der Waals surface area contributed by atoms with Crippen molar-refractivity contribution in [2.24, 2.45) is 0 Å². The average molecular weight is 348 g/mol. The zero-order chi connectivity index (χ0) is 18.0. The molecule has 0 fully saturated rings. The first kappa shape index (κ1) is 16.2. The fourth-order valence-corrected chi connectivity index (χ4v) is 2.14. The molecule has 0 spiro atoms. The SMILES string of the molecule is Cc1nn(Cc2nnc(CCn3cc([N+](=O)[O-])cn3)o2)cc1[N+](=O)[O-]. The van der Waals surface area contributed by atoms with Gasteiger partial charge >= 0.3 is 11.4 Å². The summed E-state index contributed by atoms with van der Waals surface area (Å²) >= 11 is 0. The molecule has 25 heavy (non-hydrogen) atoms. The minimum absolute atomic E-state index is 0.0833. The summed E-state index contributed by atoms with van der Waals surface area (Å²) in [6.07, 6.45) is 4.10. The van der Waals surface area contributed by atoms with Gasteiger partial charge < -0.3 is 4.42 Å². The number of rotatable bonds is 7. The molecular weight excluding hydrogens is 336 g/mol. The van der Waals surface area contributed by atoms with Gasteiger partial charge in [0.1, 0.15) is 30.8 Å². The van der Waals surface area contributed by atoms with Crippen LogP contribution in [0.5, 0.6) is 0 Å². The van der Waals surface area contributed by atoms with Crippen LogP contribution < -0.4 is 0 Å². The summed E-state index contributed by atoms with van der Waals surface area (Å²) in [6.45, 7) is 1.98. The van der Waals surface area contributed by atoms with Gasteiger partial charge in [-0.05, 0) is 6.92 Å². The van der Waals surface area contributed by atoms with Gasteiger partial charge in [0.25, 0.3) is 0 Å². The van der Waals surface area contributed by atoms with Crippen molar-refractivity contribution < 1.29 is 14.3 Å². The van der Waals surface area contributed by atoms with E-state index in [9.17, 15) is 20.2 Å². The quantitative estimate of drug-likeness (QED) is 0.445. The monoisotopic (exact) mass is 348 g/mol. The summed E-state index contributed by atoms with van der Waals surface area (Å²) in [7, 11) is 0.